The van der Waals surface area contributed by atoms with Crippen molar-refractivity contribution in [2.24, 2.45) is 14.1 Å². The summed E-state index contributed by atoms with van der Waals surface area (Å²) in [5.74, 6) is 0.744. The highest BCUT2D eigenvalue weighted by Crippen LogP contribution is 2.25. The summed E-state index contributed by atoms with van der Waals surface area (Å²) in [5, 5.41) is 0. The lowest BCUT2D eigenvalue weighted by molar-refractivity contribution is 0.0684. The average molecular weight is 262 g/mol. The van der Waals surface area contributed by atoms with Crippen molar-refractivity contribution in [1.82, 2.24) is 9.13 Å². The van der Waals surface area contributed by atoms with Crippen LogP contribution < -0.4 is 10.4 Å². The number of nitrogens with zero attached hydrogens (tertiary/aromatic N) is 2. The quantitative estimate of drug-likeness (QED) is 0.840. The fourth-order valence-electron chi connectivity index (χ4n) is 2.62. The van der Waals surface area contributed by atoms with Gasteiger partial charge in [0.1, 0.15) is 17.9 Å². The Morgan fingerprint density at radius 1 is 1.37 bits per heavy atom. The predicted octanol–water partition coefficient (Wildman–Crippen LogP) is 1.43. The van der Waals surface area contributed by atoms with Gasteiger partial charge < -0.3 is 9.47 Å². The smallest absolute Gasteiger partial charge is 0.328 e. The van der Waals surface area contributed by atoms with Gasteiger partial charge in [-0.3, -0.25) is 9.13 Å². The molecule has 1 atom stereocenters. The van der Waals surface area contributed by atoms with E-state index >= 15 is 0 Å². The summed E-state index contributed by atoms with van der Waals surface area (Å²) in [7, 11) is 3.54. The summed E-state index contributed by atoms with van der Waals surface area (Å²) >= 11 is 0. The van der Waals surface area contributed by atoms with E-state index in [0.29, 0.717) is 6.61 Å². The van der Waals surface area contributed by atoms with Gasteiger partial charge >= 0.3 is 5.69 Å². The van der Waals surface area contributed by atoms with Crippen molar-refractivity contribution in [1.29, 1.82) is 0 Å². The SMILES string of the molecule is Cn1c(=O)n(C)c2c(OC[C@@H]3CCCO3)cccc21. The molecule has 0 amide bonds. The fraction of sp³-hybridized carbons (Fsp3) is 0.500. The van der Waals surface area contributed by atoms with Gasteiger partial charge in [0.05, 0.1) is 11.6 Å². The van der Waals surface area contributed by atoms with Gasteiger partial charge in [-0.2, -0.15) is 0 Å². The lowest BCUT2D eigenvalue weighted by atomic mass is 10.2. The number of hydrogen-bond donors (Lipinski definition) is 0. The number of imidazole rings is 1. The van der Waals surface area contributed by atoms with E-state index in [0.717, 1.165) is 36.2 Å². The zero-order valence-corrected chi connectivity index (χ0v) is 11.3. The van der Waals surface area contributed by atoms with Crippen LogP contribution in [0.5, 0.6) is 5.75 Å². The van der Waals surface area contributed by atoms with Crippen molar-refractivity contribution in [2.45, 2.75) is 18.9 Å². The van der Waals surface area contributed by atoms with Crippen LogP contribution in [0, 0.1) is 0 Å². The molecule has 0 unspecified atom stereocenters. The lowest BCUT2D eigenvalue weighted by Crippen LogP contribution is -2.19. The Hall–Kier alpha value is -1.75. The van der Waals surface area contributed by atoms with E-state index in [1.165, 1.54) is 0 Å². The van der Waals surface area contributed by atoms with Crippen LogP contribution in [0.3, 0.4) is 0 Å². The van der Waals surface area contributed by atoms with E-state index < -0.39 is 0 Å². The first kappa shape index (κ1) is 12.3. The first-order valence-electron chi connectivity index (χ1n) is 6.57. The van der Waals surface area contributed by atoms with Crippen molar-refractivity contribution in [2.75, 3.05) is 13.2 Å². The number of rotatable bonds is 3. The highest BCUT2D eigenvalue weighted by atomic mass is 16.5. The molecule has 2 aromatic rings. The van der Waals surface area contributed by atoms with E-state index in [-0.39, 0.29) is 11.8 Å². The summed E-state index contributed by atoms with van der Waals surface area (Å²) in [5.41, 5.74) is 1.69. The van der Waals surface area contributed by atoms with Crippen LogP contribution in [0.2, 0.25) is 0 Å². The Bertz CT molecular complexity index is 650. The maximum absolute atomic E-state index is 11.9. The van der Waals surface area contributed by atoms with E-state index in [1.807, 2.05) is 18.2 Å². The molecule has 0 aliphatic carbocycles. The molecule has 0 radical (unpaired) electrons. The third-order valence-electron chi connectivity index (χ3n) is 3.70. The number of benzene rings is 1. The molecule has 1 aliphatic rings. The molecule has 1 aliphatic heterocycles. The Balaban J connectivity index is 1.94. The third-order valence-corrected chi connectivity index (χ3v) is 3.70. The van der Waals surface area contributed by atoms with Gasteiger partial charge in [-0.15, -0.1) is 0 Å². The molecular weight excluding hydrogens is 244 g/mol. The van der Waals surface area contributed by atoms with Crippen LogP contribution in [0.25, 0.3) is 11.0 Å². The van der Waals surface area contributed by atoms with E-state index in [9.17, 15) is 4.79 Å². The summed E-state index contributed by atoms with van der Waals surface area (Å²) in [6.07, 6.45) is 2.32. The molecule has 102 valence electrons. The predicted molar refractivity (Wildman–Crippen MR) is 72.6 cm³/mol. The minimum absolute atomic E-state index is 0.0387. The monoisotopic (exact) mass is 262 g/mol. The molecule has 5 heteroatoms. The zero-order valence-electron chi connectivity index (χ0n) is 11.3. The van der Waals surface area contributed by atoms with Crippen molar-refractivity contribution in [3.63, 3.8) is 0 Å². The molecule has 1 aromatic heterocycles. The number of aryl methyl sites for hydroxylation is 2. The van der Waals surface area contributed by atoms with Gasteiger partial charge in [0, 0.05) is 20.7 Å². The maximum Gasteiger partial charge on any atom is 0.328 e. The molecular formula is C14H18N2O3. The first-order chi connectivity index (χ1) is 9.18. The maximum atomic E-state index is 11.9. The molecule has 0 saturated carbocycles. The summed E-state index contributed by atoms with van der Waals surface area (Å²) in [4.78, 5) is 11.9. The second-order valence-corrected chi connectivity index (χ2v) is 4.97. The van der Waals surface area contributed by atoms with Crippen molar-refractivity contribution >= 4 is 11.0 Å². The van der Waals surface area contributed by atoms with Gasteiger partial charge in [-0.1, -0.05) is 6.07 Å². The first-order valence-corrected chi connectivity index (χ1v) is 6.57. The van der Waals surface area contributed by atoms with Crippen LogP contribution in [-0.4, -0.2) is 28.5 Å². The van der Waals surface area contributed by atoms with E-state index in [1.54, 1.807) is 23.2 Å². The van der Waals surface area contributed by atoms with Crippen LogP contribution >= 0.6 is 0 Å². The van der Waals surface area contributed by atoms with Gasteiger partial charge in [0.15, 0.2) is 0 Å². The topological polar surface area (TPSA) is 45.4 Å². The second kappa shape index (κ2) is 4.74. The van der Waals surface area contributed by atoms with Gasteiger partial charge in [-0.25, -0.2) is 4.79 Å². The standard InChI is InChI=1S/C14H18N2O3/c1-15-11-6-3-7-12(13(11)16(2)14(15)17)19-9-10-5-4-8-18-10/h3,6-7,10H,4-5,8-9H2,1-2H3/t10-/m0/s1. The van der Waals surface area contributed by atoms with Gasteiger partial charge in [0.25, 0.3) is 0 Å². The molecule has 0 bridgehead atoms. The van der Waals surface area contributed by atoms with Crippen molar-refractivity contribution < 1.29 is 9.47 Å². The van der Waals surface area contributed by atoms with Crippen LogP contribution in [0.4, 0.5) is 0 Å². The second-order valence-electron chi connectivity index (χ2n) is 4.97. The Labute approximate surface area is 111 Å². The summed E-state index contributed by atoms with van der Waals surface area (Å²) in [6.45, 7) is 1.37. The Kier molecular flexibility index (Phi) is 3.06. The number of aromatic nitrogens is 2. The van der Waals surface area contributed by atoms with Crippen molar-refractivity contribution in [3.8, 4) is 5.75 Å². The molecule has 19 heavy (non-hydrogen) atoms. The largest absolute Gasteiger partial charge is 0.489 e. The highest BCUT2D eigenvalue weighted by molar-refractivity contribution is 5.82. The summed E-state index contributed by atoms with van der Waals surface area (Å²) in [6, 6.07) is 5.74. The molecule has 0 N–H and O–H groups in total. The van der Waals surface area contributed by atoms with Crippen LogP contribution in [-0.2, 0) is 18.8 Å². The molecule has 1 fully saturated rings. The highest BCUT2D eigenvalue weighted by Gasteiger charge is 2.18. The van der Waals surface area contributed by atoms with Crippen LogP contribution in [0.1, 0.15) is 12.8 Å². The Morgan fingerprint density at radius 3 is 2.95 bits per heavy atom. The average Bonchev–Trinajstić information content (AvgIpc) is 3.01. The van der Waals surface area contributed by atoms with E-state index in [4.69, 9.17) is 9.47 Å². The molecule has 0 spiro atoms. The van der Waals surface area contributed by atoms with Gasteiger partial charge in [-0.05, 0) is 25.0 Å². The molecule has 3 rings (SSSR count). The third kappa shape index (κ3) is 2.04. The van der Waals surface area contributed by atoms with Gasteiger partial charge in [0.2, 0.25) is 0 Å². The number of para-hydroxylation sites is 1. The lowest BCUT2D eigenvalue weighted by Gasteiger charge is -2.12. The Morgan fingerprint density at radius 2 is 2.21 bits per heavy atom. The number of ether oxygens (including phenoxy) is 2. The number of hydrogen-bond acceptors (Lipinski definition) is 3. The van der Waals surface area contributed by atoms with Crippen molar-refractivity contribution in [3.05, 3.63) is 28.7 Å². The van der Waals surface area contributed by atoms with E-state index in [2.05, 4.69) is 0 Å². The normalized spacial score (nSPS) is 19.2. The number of fused-ring (bicyclic) bond motifs is 1. The fourth-order valence-corrected chi connectivity index (χ4v) is 2.62. The molecule has 1 aromatic carbocycles. The summed E-state index contributed by atoms with van der Waals surface area (Å²) < 4.78 is 14.7. The minimum Gasteiger partial charge on any atom is -0.489 e. The molecule has 2 heterocycles. The van der Waals surface area contributed by atoms with Crippen LogP contribution in [0.15, 0.2) is 23.0 Å². The zero-order chi connectivity index (χ0) is 13.4. The minimum atomic E-state index is -0.0387. The molecule has 5 nitrogen and oxygen atoms in total. The molecule has 1 saturated heterocycles.